The van der Waals surface area contributed by atoms with Crippen LogP contribution < -0.4 is 0 Å². The second kappa shape index (κ2) is 5.59. The SMILES string of the molecule is O=C(O)C1CCC2CCCCC2N1Cc1nccs1. The third-order valence-electron chi connectivity index (χ3n) is 4.59. The Labute approximate surface area is 117 Å². The summed E-state index contributed by atoms with van der Waals surface area (Å²) < 4.78 is 0. The number of carbonyl (C=O) groups is 1. The van der Waals surface area contributed by atoms with Crippen molar-refractivity contribution in [3.8, 4) is 0 Å². The largest absolute Gasteiger partial charge is 0.480 e. The lowest BCUT2D eigenvalue weighted by molar-refractivity contribution is -0.148. The van der Waals surface area contributed by atoms with Crippen LogP contribution in [-0.2, 0) is 11.3 Å². The minimum atomic E-state index is -0.666. The van der Waals surface area contributed by atoms with Crippen molar-refractivity contribution in [2.75, 3.05) is 0 Å². The number of hydrogen-bond donors (Lipinski definition) is 1. The molecule has 3 rings (SSSR count). The van der Waals surface area contributed by atoms with Gasteiger partial charge in [-0.15, -0.1) is 11.3 Å². The van der Waals surface area contributed by atoms with Gasteiger partial charge in [0.2, 0.25) is 0 Å². The molecule has 3 unspecified atom stereocenters. The number of rotatable bonds is 3. The normalized spacial score (nSPS) is 31.9. The number of aromatic nitrogens is 1. The van der Waals surface area contributed by atoms with Gasteiger partial charge in [-0.2, -0.15) is 0 Å². The molecule has 0 bridgehead atoms. The maximum atomic E-state index is 11.5. The van der Waals surface area contributed by atoms with E-state index in [9.17, 15) is 9.90 Å². The fraction of sp³-hybridized carbons (Fsp3) is 0.714. The molecule has 0 amide bonds. The van der Waals surface area contributed by atoms with Gasteiger partial charge in [0.25, 0.3) is 0 Å². The molecule has 1 saturated heterocycles. The maximum absolute atomic E-state index is 11.5. The van der Waals surface area contributed by atoms with E-state index in [0.717, 1.165) is 24.3 Å². The quantitative estimate of drug-likeness (QED) is 0.925. The molecule has 1 aromatic rings. The topological polar surface area (TPSA) is 53.4 Å². The van der Waals surface area contributed by atoms with E-state index in [4.69, 9.17) is 0 Å². The Morgan fingerprint density at radius 1 is 1.37 bits per heavy atom. The lowest BCUT2D eigenvalue weighted by Gasteiger charge is -2.46. The summed E-state index contributed by atoms with van der Waals surface area (Å²) in [5.41, 5.74) is 0. The molecule has 0 radical (unpaired) electrons. The van der Waals surface area contributed by atoms with E-state index in [1.807, 2.05) is 5.38 Å². The van der Waals surface area contributed by atoms with Gasteiger partial charge in [-0.25, -0.2) is 4.98 Å². The first kappa shape index (κ1) is 13.1. The lowest BCUT2D eigenvalue weighted by atomic mass is 9.76. The Morgan fingerprint density at radius 3 is 2.95 bits per heavy atom. The Bertz CT molecular complexity index is 435. The zero-order valence-corrected chi connectivity index (χ0v) is 11.8. The summed E-state index contributed by atoms with van der Waals surface area (Å²) in [5.74, 6) is 0.0323. The average Bonchev–Trinajstić information content (AvgIpc) is 2.92. The third kappa shape index (κ3) is 2.67. The highest BCUT2D eigenvalue weighted by Gasteiger charge is 2.41. The van der Waals surface area contributed by atoms with Crippen molar-refractivity contribution in [2.45, 2.75) is 57.2 Å². The smallest absolute Gasteiger partial charge is 0.320 e. The predicted octanol–water partition coefficient (Wildman–Crippen LogP) is 2.75. The lowest BCUT2D eigenvalue weighted by Crippen LogP contribution is -2.54. The van der Waals surface area contributed by atoms with Gasteiger partial charge in [0.15, 0.2) is 0 Å². The van der Waals surface area contributed by atoms with Crippen LogP contribution in [0.3, 0.4) is 0 Å². The molecule has 1 aliphatic heterocycles. The molecule has 0 spiro atoms. The molecule has 1 saturated carbocycles. The van der Waals surface area contributed by atoms with Crippen LogP contribution in [0.2, 0.25) is 0 Å². The number of aliphatic carboxylic acids is 1. The number of thiazole rings is 1. The van der Waals surface area contributed by atoms with Crippen molar-refractivity contribution in [3.05, 3.63) is 16.6 Å². The molecular formula is C14H20N2O2S. The van der Waals surface area contributed by atoms with Crippen molar-refractivity contribution < 1.29 is 9.90 Å². The van der Waals surface area contributed by atoms with Crippen LogP contribution in [0.15, 0.2) is 11.6 Å². The van der Waals surface area contributed by atoms with Gasteiger partial charge in [0, 0.05) is 17.6 Å². The summed E-state index contributed by atoms with van der Waals surface area (Å²) in [4.78, 5) is 18.1. The highest BCUT2D eigenvalue weighted by atomic mass is 32.1. The Kier molecular flexibility index (Phi) is 3.84. The van der Waals surface area contributed by atoms with Crippen molar-refractivity contribution in [1.29, 1.82) is 0 Å². The zero-order chi connectivity index (χ0) is 13.2. The van der Waals surface area contributed by atoms with Gasteiger partial charge in [-0.1, -0.05) is 12.8 Å². The van der Waals surface area contributed by atoms with Gasteiger partial charge < -0.3 is 5.11 Å². The summed E-state index contributed by atoms with van der Waals surface area (Å²) in [6.07, 6.45) is 8.65. The van der Waals surface area contributed by atoms with Gasteiger partial charge in [0.1, 0.15) is 11.0 Å². The van der Waals surface area contributed by atoms with Crippen LogP contribution in [0.25, 0.3) is 0 Å². The summed E-state index contributed by atoms with van der Waals surface area (Å²) in [5, 5.41) is 12.5. The van der Waals surface area contributed by atoms with E-state index >= 15 is 0 Å². The molecule has 3 atom stereocenters. The van der Waals surface area contributed by atoms with Crippen LogP contribution in [0.1, 0.15) is 43.5 Å². The van der Waals surface area contributed by atoms with E-state index in [-0.39, 0.29) is 6.04 Å². The summed E-state index contributed by atoms with van der Waals surface area (Å²) in [7, 11) is 0. The van der Waals surface area contributed by atoms with Gasteiger partial charge in [-0.3, -0.25) is 9.69 Å². The Balaban J connectivity index is 1.81. The highest BCUT2D eigenvalue weighted by Crippen LogP contribution is 2.38. The first-order chi connectivity index (χ1) is 9.25. The molecular weight excluding hydrogens is 260 g/mol. The number of carboxylic acid groups (broad SMARTS) is 1. The minimum absolute atomic E-state index is 0.316. The highest BCUT2D eigenvalue weighted by molar-refractivity contribution is 7.09. The summed E-state index contributed by atoms with van der Waals surface area (Å²) >= 11 is 1.62. The number of nitrogens with zero attached hydrogens (tertiary/aromatic N) is 2. The fourth-order valence-corrected chi connectivity index (χ4v) is 4.33. The van der Waals surface area contributed by atoms with Crippen LogP contribution in [-0.4, -0.2) is 33.0 Å². The van der Waals surface area contributed by atoms with Crippen molar-refractivity contribution >= 4 is 17.3 Å². The molecule has 104 valence electrons. The zero-order valence-electron chi connectivity index (χ0n) is 11.0. The van der Waals surface area contributed by atoms with E-state index in [0.29, 0.717) is 18.5 Å². The van der Waals surface area contributed by atoms with Crippen LogP contribution in [0, 0.1) is 5.92 Å². The van der Waals surface area contributed by atoms with Gasteiger partial charge in [0.05, 0.1) is 6.54 Å². The number of fused-ring (bicyclic) bond motifs is 1. The molecule has 2 fully saturated rings. The van der Waals surface area contributed by atoms with Crippen molar-refractivity contribution in [1.82, 2.24) is 9.88 Å². The van der Waals surface area contributed by atoms with Crippen LogP contribution >= 0.6 is 11.3 Å². The Morgan fingerprint density at radius 2 is 2.21 bits per heavy atom. The molecule has 0 aromatic carbocycles. The van der Waals surface area contributed by atoms with Gasteiger partial charge in [-0.05, 0) is 31.6 Å². The predicted molar refractivity (Wildman–Crippen MR) is 74.1 cm³/mol. The first-order valence-electron chi connectivity index (χ1n) is 7.12. The second-order valence-electron chi connectivity index (χ2n) is 5.64. The minimum Gasteiger partial charge on any atom is -0.480 e. The van der Waals surface area contributed by atoms with E-state index in [1.54, 1.807) is 17.5 Å². The molecule has 1 N–H and O–H groups in total. The number of carboxylic acids is 1. The summed E-state index contributed by atoms with van der Waals surface area (Å²) in [6, 6.07) is 0.135. The van der Waals surface area contributed by atoms with Crippen molar-refractivity contribution in [3.63, 3.8) is 0 Å². The van der Waals surface area contributed by atoms with Gasteiger partial charge >= 0.3 is 5.97 Å². The molecule has 19 heavy (non-hydrogen) atoms. The monoisotopic (exact) mass is 280 g/mol. The maximum Gasteiger partial charge on any atom is 0.320 e. The summed E-state index contributed by atoms with van der Waals surface area (Å²) in [6.45, 7) is 0.704. The fourth-order valence-electron chi connectivity index (χ4n) is 3.71. The number of hydrogen-bond acceptors (Lipinski definition) is 4. The standard InChI is InChI=1S/C14H20N2O2S/c17-14(18)12-6-5-10-3-1-2-4-11(10)16(12)9-13-15-7-8-19-13/h7-8,10-12H,1-6,9H2,(H,17,18). The van der Waals surface area contributed by atoms with E-state index in [2.05, 4.69) is 9.88 Å². The molecule has 5 heteroatoms. The molecule has 2 heterocycles. The van der Waals surface area contributed by atoms with Crippen LogP contribution in [0.5, 0.6) is 0 Å². The Hall–Kier alpha value is -0.940. The number of piperidine rings is 1. The molecule has 4 nitrogen and oxygen atoms in total. The molecule has 1 aromatic heterocycles. The second-order valence-corrected chi connectivity index (χ2v) is 6.62. The van der Waals surface area contributed by atoms with E-state index in [1.165, 1.54) is 19.3 Å². The van der Waals surface area contributed by atoms with Crippen molar-refractivity contribution in [2.24, 2.45) is 5.92 Å². The van der Waals surface area contributed by atoms with E-state index < -0.39 is 5.97 Å². The molecule has 1 aliphatic carbocycles. The number of likely N-dealkylation sites (tertiary alicyclic amines) is 1. The first-order valence-corrected chi connectivity index (χ1v) is 8.00. The van der Waals surface area contributed by atoms with Crippen LogP contribution in [0.4, 0.5) is 0 Å². The third-order valence-corrected chi connectivity index (χ3v) is 5.36. The molecule has 2 aliphatic rings. The average molecular weight is 280 g/mol.